The molecule has 1 saturated heterocycles. The van der Waals surface area contributed by atoms with E-state index in [0.717, 1.165) is 42.6 Å². The average Bonchev–Trinajstić information content (AvgIpc) is 3.49. The van der Waals surface area contributed by atoms with Crippen LogP contribution in [0.1, 0.15) is 58.4 Å². The third-order valence-electron chi connectivity index (χ3n) is 6.48. The van der Waals surface area contributed by atoms with Crippen LogP contribution >= 0.6 is 0 Å². The van der Waals surface area contributed by atoms with Gasteiger partial charge in [-0.3, -0.25) is 9.48 Å². The monoisotopic (exact) mass is 488 g/mol. The Hall–Kier alpha value is -3.72. The van der Waals surface area contributed by atoms with Gasteiger partial charge in [-0.2, -0.15) is 5.10 Å². The third kappa shape index (κ3) is 4.70. The number of anilines is 1. The van der Waals surface area contributed by atoms with Crippen molar-refractivity contribution in [3.8, 4) is 22.6 Å². The summed E-state index contributed by atoms with van der Waals surface area (Å²) in [5, 5.41) is 8.31. The van der Waals surface area contributed by atoms with Gasteiger partial charge in [0.15, 0.2) is 5.58 Å². The highest BCUT2D eigenvalue weighted by atomic mass is 16.5. The zero-order valence-electron chi connectivity index (χ0n) is 21.1. The number of piperidine rings is 1. The van der Waals surface area contributed by atoms with E-state index in [0.29, 0.717) is 28.5 Å². The number of rotatable bonds is 5. The zero-order valence-corrected chi connectivity index (χ0v) is 21.1. The van der Waals surface area contributed by atoms with Gasteiger partial charge in [0.2, 0.25) is 5.89 Å². The summed E-state index contributed by atoms with van der Waals surface area (Å²) in [6, 6.07) is 9.75. The van der Waals surface area contributed by atoms with Crippen molar-refractivity contribution in [3.63, 3.8) is 0 Å². The lowest BCUT2D eigenvalue weighted by Crippen LogP contribution is -2.29. The molecule has 1 aliphatic heterocycles. The van der Waals surface area contributed by atoms with E-state index < -0.39 is 11.5 Å². The number of oxazole rings is 1. The van der Waals surface area contributed by atoms with Gasteiger partial charge in [-0.05, 0) is 71.8 Å². The molecule has 1 aliphatic rings. The summed E-state index contributed by atoms with van der Waals surface area (Å²) in [4.78, 5) is 21.7. The molecule has 4 aromatic rings. The van der Waals surface area contributed by atoms with Crippen molar-refractivity contribution in [1.29, 1.82) is 0 Å². The second-order valence-electron chi connectivity index (χ2n) is 10.3. The SMILES string of the molecule is CC(OC(=O)C(C)(C)C)c1nn(C2CCNCC2)cc1-c1cnc(N)c(-c2nc3ccccc3o2)c1. The molecule has 188 valence electrons. The first-order valence-electron chi connectivity index (χ1n) is 12.3. The number of aromatic nitrogens is 4. The Bertz CT molecular complexity index is 1360. The van der Waals surface area contributed by atoms with E-state index in [2.05, 4.69) is 15.3 Å². The van der Waals surface area contributed by atoms with Crippen LogP contribution in [-0.2, 0) is 9.53 Å². The Morgan fingerprint density at radius 2 is 1.97 bits per heavy atom. The standard InChI is InChI=1S/C27H32N6O3/c1-16(35-26(34)27(2,3)4)23-20(15-33(32-23)18-9-11-29-12-10-18)17-13-19(24(28)30-14-17)25-31-21-7-5-6-8-22(21)36-25/h5-8,13-16,18,29H,9-12H2,1-4H3,(H2,28,30). The van der Waals surface area contributed by atoms with Gasteiger partial charge in [0, 0.05) is 23.5 Å². The molecule has 1 unspecified atom stereocenters. The first kappa shape index (κ1) is 24.0. The lowest BCUT2D eigenvalue weighted by molar-refractivity contribution is -0.158. The first-order valence-corrected chi connectivity index (χ1v) is 12.3. The second kappa shape index (κ2) is 9.39. The summed E-state index contributed by atoms with van der Waals surface area (Å²) < 4.78 is 13.8. The highest BCUT2D eigenvalue weighted by molar-refractivity contribution is 5.81. The Morgan fingerprint density at radius 1 is 1.22 bits per heavy atom. The van der Waals surface area contributed by atoms with Crippen molar-refractivity contribution in [1.82, 2.24) is 25.1 Å². The smallest absolute Gasteiger partial charge is 0.311 e. The lowest BCUT2D eigenvalue weighted by atomic mass is 9.97. The number of para-hydroxylation sites is 2. The summed E-state index contributed by atoms with van der Waals surface area (Å²) in [5.74, 6) is 0.451. The summed E-state index contributed by atoms with van der Waals surface area (Å²) in [5.41, 5.74) is 9.98. The summed E-state index contributed by atoms with van der Waals surface area (Å²) in [6.07, 6.45) is 5.15. The minimum Gasteiger partial charge on any atom is -0.456 e. The fourth-order valence-corrected chi connectivity index (χ4v) is 4.36. The molecule has 9 nitrogen and oxygen atoms in total. The third-order valence-corrected chi connectivity index (χ3v) is 6.48. The van der Waals surface area contributed by atoms with Gasteiger partial charge in [0.1, 0.15) is 23.1 Å². The van der Waals surface area contributed by atoms with E-state index in [-0.39, 0.29) is 12.0 Å². The van der Waals surface area contributed by atoms with E-state index in [1.54, 1.807) is 6.20 Å². The molecule has 3 aromatic heterocycles. The molecular weight excluding hydrogens is 456 g/mol. The van der Waals surface area contributed by atoms with Crippen molar-refractivity contribution >= 4 is 22.9 Å². The van der Waals surface area contributed by atoms with E-state index in [4.69, 9.17) is 20.0 Å². The van der Waals surface area contributed by atoms with E-state index >= 15 is 0 Å². The highest BCUT2D eigenvalue weighted by Crippen LogP contribution is 2.36. The first-order chi connectivity index (χ1) is 17.2. The topological polar surface area (TPSA) is 121 Å². The van der Waals surface area contributed by atoms with Crippen molar-refractivity contribution < 1.29 is 13.9 Å². The maximum Gasteiger partial charge on any atom is 0.311 e. The number of hydrogen-bond donors (Lipinski definition) is 2. The fraction of sp³-hybridized carbons (Fsp3) is 0.407. The molecule has 0 spiro atoms. The van der Waals surface area contributed by atoms with Crippen LogP contribution in [0.3, 0.4) is 0 Å². The molecule has 9 heteroatoms. The number of hydrogen-bond acceptors (Lipinski definition) is 8. The fourth-order valence-electron chi connectivity index (χ4n) is 4.36. The molecule has 1 atom stereocenters. The van der Waals surface area contributed by atoms with Crippen molar-refractivity contribution in [3.05, 3.63) is 48.4 Å². The minimum atomic E-state index is -0.616. The predicted octanol–water partition coefficient (Wildman–Crippen LogP) is 4.91. The number of carbonyl (C=O) groups is 1. The Kier molecular flexibility index (Phi) is 6.26. The Labute approximate surface area is 210 Å². The van der Waals surface area contributed by atoms with Crippen LogP contribution in [0.25, 0.3) is 33.7 Å². The molecule has 1 aromatic carbocycles. The van der Waals surface area contributed by atoms with Crippen LogP contribution in [0.15, 0.2) is 47.1 Å². The average molecular weight is 489 g/mol. The molecule has 36 heavy (non-hydrogen) atoms. The summed E-state index contributed by atoms with van der Waals surface area (Å²) >= 11 is 0. The van der Waals surface area contributed by atoms with Gasteiger partial charge < -0.3 is 20.2 Å². The minimum absolute atomic E-state index is 0.266. The van der Waals surface area contributed by atoms with E-state index in [1.807, 2.05) is 68.9 Å². The second-order valence-corrected chi connectivity index (χ2v) is 10.3. The maximum atomic E-state index is 12.7. The number of esters is 1. The molecule has 0 aliphatic carbocycles. The number of nitrogens with zero attached hydrogens (tertiary/aromatic N) is 4. The Morgan fingerprint density at radius 3 is 2.69 bits per heavy atom. The summed E-state index contributed by atoms with van der Waals surface area (Å²) in [6.45, 7) is 9.26. The van der Waals surface area contributed by atoms with E-state index in [1.165, 1.54) is 0 Å². The molecule has 0 saturated carbocycles. The van der Waals surface area contributed by atoms with Gasteiger partial charge in [-0.25, -0.2) is 9.97 Å². The number of nitrogens with one attached hydrogen (secondary N) is 1. The van der Waals surface area contributed by atoms with Crippen LogP contribution in [0.2, 0.25) is 0 Å². The van der Waals surface area contributed by atoms with Crippen molar-refractivity contribution in [2.45, 2.75) is 52.7 Å². The largest absolute Gasteiger partial charge is 0.456 e. The van der Waals surface area contributed by atoms with Crippen LogP contribution in [0.5, 0.6) is 0 Å². The lowest BCUT2D eigenvalue weighted by Gasteiger charge is -2.23. The maximum absolute atomic E-state index is 12.7. The zero-order chi connectivity index (χ0) is 25.4. The molecule has 0 amide bonds. The number of pyridine rings is 1. The normalized spacial score (nSPS) is 15.8. The van der Waals surface area contributed by atoms with Crippen LogP contribution in [0, 0.1) is 5.41 Å². The van der Waals surface area contributed by atoms with Gasteiger partial charge in [-0.1, -0.05) is 12.1 Å². The quantitative estimate of drug-likeness (QED) is 0.380. The van der Waals surface area contributed by atoms with E-state index in [9.17, 15) is 4.79 Å². The van der Waals surface area contributed by atoms with Gasteiger partial charge in [0.25, 0.3) is 0 Å². The number of nitrogen functional groups attached to an aromatic ring is 1. The molecule has 5 rings (SSSR count). The number of carbonyl (C=O) groups excluding carboxylic acids is 1. The Balaban J connectivity index is 1.57. The summed E-state index contributed by atoms with van der Waals surface area (Å²) in [7, 11) is 0. The number of benzene rings is 1. The molecule has 3 N–H and O–H groups in total. The highest BCUT2D eigenvalue weighted by Gasteiger charge is 2.29. The molecule has 0 bridgehead atoms. The number of nitrogens with two attached hydrogens (primary N) is 1. The van der Waals surface area contributed by atoms with Crippen LogP contribution in [0.4, 0.5) is 5.82 Å². The van der Waals surface area contributed by atoms with Gasteiger partial charge in [0.05, 0.1) is 17.0 Å². The van der Waals surface area contributed by atoms with Crippen LogP contribution < -0.4 is 11.1 Å². The van der Waals surface area contributed by atoms with Gasteiger partial charge in [-0.15, -0.1) is 0 Å². The number of fused-ring (bicyclic) bond motifs is 1. The van der Waals surface area contributed by atoms with Crippen LogP contribution in [-0.4, -0.2) is 38.8 Å². The molecule has 4 heterocycles. The van der Waals surface area contributed by atoms with Gasteiger partial charge >= 0.3 is 5.97 Å². The molecule has 0 radical (unpaired) electrons. The van der Waals surface area contributed by atoms with Crippen molar-refractivity contribution in [2.75, 3.05) is 18.8 Å². The molecular formula is C27H32N6O3. The predicted molar refractivity (Wildman–Crippen MR) is 138 cm³/mol. The number of ether oxygens (including phenoxy) is 1. The molecule has 1 fully saturated rings. The van der Waals surface area contributed by atoms with Crippen molar-refractivity contribution in [2.24, 2.45) is 5.41 Å².